The Morgan fingerprint density at radius 1 is 1.20 bits per heavy atom. The molecule has 244 valence electrons. The van der Waals surface area contributed by atoms with E-state index in [0.29, 0.717) is 61.1 Å². The number of aliphatic hydroxyl groups is 1. The summed E-state index contributed by atoms with van der Waals surface area (Å²) in [5.41, 5.74) is 1.04. The molecule has 3 atom stereocenters. The predicted octanol–water partition coefficient (Wildman–Crippen LogP) is 4.38. The number of pyridine rings is 2. The number of amides is 4. The van der Waals surface area contributed by atoms with Crippen LogP contribution in [-0.4, -0.2) is 75.3 Å². The van der Waals surface area contributed by atoms with Crippen molar-refractivity contribution in [3.8, 4) is 0 Å². The van der Waals surface area contributed by atoms with Gasteiger partial charge in [0, 0.05) is 48.9 Å². The number of alkyl halides is 1. The number of halogens is 2. The molecule has 6 rings (SSSR count). The number of fused-ring (bicyclic) bond motifs is 2. The van der Waals surface area contributed by atoms with Crippen LogP contribution < -0.4 is 15.5 Å². The first-order valence-electron chi connectivity index (χ1n) is 16.0. The first-order valence-corrected chi connectivity index (χ1v) is 16.0. The highest BCUT2D eigenvalue weighted by molar-refractivity contribution is 6.13. The van der Waals surface area contributed by atoms with Gasteiger partial charge >= 0.3 is 6.03 Å². The lowest BCUT2D eigenvalue weighted by atomic mass is 9.77. The van der Waals surface area contributed by atoms with Gasteiger partial charge in [-0.05, 0) is 80.3 Å². The molecule has 2 aromatic heterocycles. The van der Waals surface area contributed by atoms with Crippen molar-refractivity contribution in [2.45, 2.75) is 83.2 Å². The molecule has 1 unspecified atom stereocenters. The van der Waals surface area contributed by atoms with Crippen molar-refractivity contribution in [2.24, 2.45) is 5.92 Å². The minimum Gasteiger partial charge on any atom is -0.393 e. The number of aryl methyl sites for hydroxylation is 1. The number of rotatable bonds is 8. The summed E-state index contributed by atoms with van der Waals surface area (Å²) in [5, 5.41) is 15.7. The zero-order valence-corrected chi connectivity index (χ0v) is 26.4. The van der Waals surface area contributed by atoms with Gasteiger partial charge in [0.05, 0.1) is 12.1 Å². The van der Waals surface area contributed by atoms with E-state index in [1.807, 2.05) is 13.8 Å². The maximum Gasteiger partial charge on any atom is 0.330 e. The molecule has 4 amide bonds. The lowest BCUT2D eigenvalue weighted by molar-refractivity contribution is -0.119. The zero-order chi connectivity index (χ0) is 32.7. The molecule has 0 saturated carbocycles. The first-order chi connectivity index (χ1) is 21.9. The molecule has 0 radical (unpaired) electrons. The Balaban J connectivity index is 1.25. The Labute approximate surface area is 266 Å². The number of carbonyl (C=O) groups is 3. The molecule has 3 N–H and O–H groups in total. The van der Waals surface area contributed by atoms with Crippen LogP contribution in [-0.2, 0) is 17.6 Å². The highest BCUT2D eigenvalue weighted by Crippen LogP contribution is 2.38. The molecule has 12 heteroatoms. The van der Waals surface area contributed by atoms with E-state index >= 15 is 8.78 Å². The minimum atomic E-state index is -1.36. The lowest BCUT2D eigenvalue weighted by Crippen LogP contribution is -2.38. The van der Waals surface area contributed by atoms with Gasteiger partial charge in [0.15, 0.2) is 0 Å². The van der Waals surface area contributed by atoms with Gasteiger partial charge in [-0.2, -0.15) is 0 Å². The van der Waals surface area contributed by atoms with Gasteiger partial charge in [-0.3, -0.25) is 19.8 Å². The van der Waals surface area contributed by atoms with Crippen LogP contribution >= 0.6 is 0 Å². The number of benzene rings is 1. The summed E-state index contributed by atoms with van der Waals surface area (Å²) < 4.78 is 30.9. The smallest absolute Gasteiger partial charge is 0.330 e. The van der Waals surface area contributed by atoms with Crippen LogP contribution in [0.5, 0.6) is 0 Å². The molecule has 0 spiro atoms. The molecule has 3 aromatic rings. The van der Waals surface area contributed by atoms with E-state index in [2.05, 4.69) is 25.5 Å². The number of nitrogens with one attached hydrogen (secondary N) is 2. The number of carbonyl (C=O) groups excluding carboxylic acids is 3. The fourth-order valence-corrected chi connectivity index (χ4v) is 6.68. The minimum absolute atomic E-state index is 0.120. The highest BCUT2D eigenvalue weighted by Gasteiger charge is 2.39. The van der Waals surface area contributed by atoms with Crippen molar-refractivity contribution >= 4 is 34.6 Å². The van der Waals surface area contributed by atoms with Crippen molar-refractivity contribution in [1.82, 2.24) is 25.5 Å². The fraction of sp³-hybridized carbons (Fsp3) is 0.500. The Morgan fingerprint density at radius 3 is 2.61 bits per heavy atom. The van der Waals surface area contributed by atoms with Crippen molar-refractivity contribution in [3.05, 3.63) is 64.7 Å². The molecular formula is C34H40F2N6O4. The van der Waals surface area contributed by atoms with E-state index in [1.165, 1.54) is 11.0 Å². The number of piperidine rings is 1. The topological polar surface area (TPSA) is 128 Å². The molecule has 4 heterocycles. The van der Waals surface area contributed by atoms with Crippen molar-refractivity contribution in [2.75, 3.05) is 24.5 Å². The molecule has 2 aliphatic heterocycles. The van der Waals surface area contributed by atoms with E-state index in [4.69, 9.17) is 0 Å². The quantitative estimate of drug-likeness (QED) is 0.314. The average Bonchev–Trinajstić information content (AvgIpc) is 3.29. The normalized spacial score (nSPS) is 23.1. The molecule has 10 nitrogen and oxygen atoms in total. The summed E-state index contributed by atoms with van der Waals surface area (Å²) in [5.74, 6) is -1.37. The van der Waals surface area contributed by atoms with E-state index in [0.717, 1.165) is 18.7 Å². The Hall–Kier alpha value is -4.03. The van der Waals surface area contributed by atoms with Gasteiger partial charge in [-0.15, -0.1) is 0 Å². The number of urea groups is 1. The lowest BCUT2D eigenvalue weighted by Gasteiger charge is -2.34. The van der Waals surface area contributed by atoms with Crippen LogP contribution in [0.1, 0.15) is 79.7 Å². The van der Waals surface area contributed by atoms with Gasteiger partial charge < -0.3 is 15.3 Å². The second-order valence-electron chi connectivity index (χ2n) is 13.2. The van der Waals surface area contributed by atoms with E-state index < -0.39 is 41.4 Å². The molecular weight excluding hydrogens is 594 g/mol. The van der Waals surface area contributed by atoms with Crippen molar-refractivity contribution < 1.29 is 28.3 Å². The van der Waals surface area contributed by atoms with Gasteiger partial charge in [0.1, 0.15) is 28.9 Å². The SMILES string of the molecule is CC1C(=O)NC(=O)N1c1ccc([C@@H](CCN2CCC(O)CC2)NC(=O)c2cc(F)c3nc4c(cc3c2)C[C@](F)(C(C)C)CC4)cn1. The first kappa shape index (κ1) is 31.9. The van der Waals surface area contributed by atoms with Gasteiger partial charge in [-0.25, -0.2) is 23.5 Å². The molecule has 1 aliphatic carbocycles. The number of imide groups is 1. The fourth-order valence-electron chi connectivity index (χ4n) is 6.68. The monoisotopic (exact) mass is 634 g/mol. The van der Waals surface area contributed by atoms with Gasteiger partial charge in [-0.1, -0.05) is 19.9 Å². The summed E-state index contributed by atoms with van der Waals surface area (Å²) >= 11 is 0. The Bertz CT molecular complexity index is 1660. The predicted molar refractivity (Wildman–Crippen MR) is 169 cm³/mol. The van der Waals surface area contributed by atoms with Crippen LogP contribution in [0.25, 0.3) is 10.9 Å². The van der Waals surface area contributed by atoms with Gasteiger partial charge in [0.2, 0.25) is 0 Å². The van der Waals surface area contributed by atoms with Crippen LogP contribution in [0.2, 0.25) is 0 Å². The molecule has 46 heavy (non-hydrogen) atoms. The van der Waals surface area contributed by atoms with E-state index in [9.17, 15) is 19.5 Å². The Morgan fingerprint density at radius 2 is 1.96 bits per heavy atom. The molecule has 3 aliphatic rings. The van der Waals surface area contributed by atoms with E-state index in [1.54, 1.807) is 37.4 Å². The van der Waals surface area contributed by atoms with Gasteiger partial charge in [0.25, 0.3) is 11.8 Å². The third-order valence-corrected chi connectivity index (χ3v) is 9.83. The largest absolute Gasteiger partial charge is 0.393 e. The summed E-state index contributed by atoms with van der Waals surface area (Å²) in [4.78, 5) is 50.4. The Kier molecular flexibility index (Phi) is 8.77. The number of nitrogens with zero attached hydrogens (tertiary/aromatic N) is 4. The van der Waals surface area contributed by atoms with E-state index in [-0.39, 0.29) is 29.5 Å². The van der Waals surface area contributed by atoms with Crippen LogP contribution in [0.3, 0.4) is 0 Å². The number of hydrogen-bond acceptors (Lipinski definition) is 7. The summed E-state index contributed by atoms with van der Waals surface area (Å²) in [6.45, 7) is 7.45. The maximum absolute atomic E-state index is 15.5. The van der Waals surface area contributed by atoms with Crippen LogP contribution in [0.15, 0.2) is 36.5 Å². The average molecular weight is 635 g/mol. The number of aromatic nitrogens is 2. The summed E-state index contributed by atoms with van der Waals surface area (Å²) in [6, 6.07) is 6.17. The second kappa shape index (κ2) is 12.6. The number of anilines is 1. The van der Waals surface area contributed by atoms with Crippen molar-refractivity contribution in [1.29, 1.82) is 0 Å². The number of hydrogen-bond donors (Lipinski definition) is 3. The van der Waals surface area contributed by atoms with Crippen LogP contribution in [0, 0.1) is 11.7 Å². The number of likely N-dealkylation sites (tertiary alicyclic amines) is 1. The number of aliphatic hydroxyl groups excluding tert-OH is 1. The maximum atomic E-state index is 15.5. The molecule has 1 aromatic carbocycles. The molecule has 2 saturated heterocycles. The molecule has 2 fully saturated rings. The van der Waals surface area contributed by atoms with Crippen LogP contribution in [0.4, 0.5) is 19.4 Å². The highest BCUT2D eigenvalue weighted by atomic mass is 19.1. The third-order valence-electron chi connectivity index (χ3n) is 9.83. The summed E-state index contributed by atoms with van der Waals surface area (Å²) in [6.07, 6.45) is 4.10. The molecule has 0 bridgehead atoms. The third kappa shape index (κ3) is 6.32. The summed E-state index contributed by atoms with van der Waals surface area (Å²) in [7, 11) is 0. The zero-order valence-electron chi connectivity index (χ0n) is 26.4. The second-order valence-corrected chi connectivity index (χ2v) is 13.2. The standard InChI is InChI=1S/C34H40F2N6O4/c1-19(2)34(36)10-6-27-24(17-34)15-22-14-23(16-26(35)30(22)38-27)32(45)39-28(9-13-41-11-7-25(43)8-12-41)21-4-5-29(37-18-21)42-20(3)31(44)40-33(42)46/h4-5,14-16,18-20,25,28,43H,6-13,17H2,1-3H3,(H,39,45)(H,40,44,46)/t20?,28-,34+/m1/s1. The van der Waals surface area contributed by atoms with Crippen molar-refractivity contribution in [3.63, 3.8) is 0 Å².